The van der Waals surface area contributed by atoms with Crippen LogP contribution in [0.2, 0.25) is 0 Å². The molecule has 1 heterocycles. The van der Waals surface area contributed by atoms with Gasteiger partial charge in [-0.05, 0) is 73.4 Å². The molecule has 2 unspecified atom stereocenters. The monoisotopic (exact) mass is 356 g/mol. The van der Waals surface area contributed by atoms with Gasteiger partial charge in [0, 0.05) is 33.9 Å². The Labute approximate surface area is 123 Å². The number of rotatable bonds is 2. The molecule has 0 spiro atoms. The molecule has 1 saturated heterocycles. The molecule has 2 aliphatic rings. The van der Waals surface area contributed by atoms with Gasteiger partial charge in [0.15, 0.2) is 0 Å². The van der Waals surface area contributed by atoms with Crippen molar-refractivity contribution < 1.29 is 0 Å². The van der Waals surface area contributed by atoms with Crippen LogP contribution in [0.5, 0.6) is 0 Å². The first-order valence-corrected chi connectivity index (χ1v) is 7.94. The van der Waals surface area contributed by atoms with Crippen molar-refractivity contribution in [2.75, 3.05) is 18.0 Å². The molecular formula is C15H21IN2. The first-order chi connectivity index (χ1) is 8.58. The molecule has 3 rings (SSSR count). The van der Waals surface area contributed by atoms with Crippen LogP contribution in [-0.2, 0) is 0 Å². The smallest absolute Gasteiger partial charge is 0.0387 e. The molecule has 1 aliphatic heterocycles. The molecule has 1 aliphatic carbocycles. The quantitative estimate of drug-likeness (QED) is 0.819. The second-order valence-electron chi connectivity index (χ2n) is 6.03. The summed E-state index contributed by atoms with van der Waals surface area (Å²) in [6, 6.07) is 9.46. The lowest BCUT2D eigenvalue weighted by Gasteiger charge is -2.47. The van der Waals surface area contributed by atoms with Crippen LogP contribution in [0.4, 0.5) is 5.69 Å². The van der Waals surface area contributed by atoms with E-state index in [4.69, 9.17) is 0 Å². The van der Waals surface area contributed by atoms with E-state index in [9.17, 15) is 0 Å². The van der Waals surface area contributed by atoms with E-state index >= 15 is 0 Å². The Kier molecular flexibility index (Phi) is 3.30. The maximum Gasteiger partial charge on any atom is 0.0387 e. The Morgan fingerprint density at radius 1 is 1.39 bits per heavy atom. The fraction of sp³-hybridized carbons (Fsp3) is 0.600. The molecule has 3 heteroatoms. The van der Waals surface area contributed by atoms with E-state index < -0.39 is 0 Å². The van der Waals surface area contributed by atoms with Crippen LogP contribution in [0.1, 0.15) is 26.7 Å². The Morgan fingerprint density at radius 3 is 2.83 bits per heavy atom. The average Bonchev–Trinajstić information content (AvgIpc) is 3.17. The molecule has 2 fully saturated rings. The summed E-state index contributed by atoms with van der Waals surface area (Å²) in [5.41, 5.74) is 1.69. The third-order valence-electron chi connectivity index (χ3n) is 4.45. The van der Waals surface area contributed by atoms with E-state index in [1.165, 1.54) is 22.1 Å². The van der Waals surface area contributed by atoms with Gasteiger partial charge >= 0.3 is 0 Å². The topological polar surface area (TPSA) is 15.3 Å². The highest BCUT2D eigenvalue weighted by Gasteiger charge is 2.45. The second kappa shape index (κ2) is 4.67. The molecule has 0 amide bonds. The van der Waals surface area contributed by atoms with E-state index in [2.05, 4.69) is 70.9 Å². The van der Waals surface area contributed by atoms with Gasteiger partial charge < -0.3 is 10.2 Å². The minimum Gasteiger partial charge on any atom is -0.366 e. The summed E-state index contributed by atoms with van der Waals surface area (Å²) in [5.74, 6) is 0.885. The lowest BCUT2D eigenvalue weighted by atomic mass is 9.91. The Hall–Kier alpha value is -0.290. The summed E-state index contributed by atoms with van der Waals surface area (Å²) in [4.78, 5) is 2.58. The predicted molar refractivity (Wildman–Crippen MR) is 85.1 cm³/mol. The number of nitrogens with one attached hydrogen (secondary N) is 1. The number of halogens is 1. The first kappa shape index (κ1) is 12.7. The lowest BCUT2D eigenvalue weighted by Crippen LogP contribution is -2.63. The highest BCUT2D eigenvalue weighted by atomic mass is 127. The minimum absolute atomic E-state index is 0.313. The van der Waals surface area contributed by atoms with Crippen molar-refractivity contribution in [1.29, 1.82) is 0 Å². The van der Waals surface area contributed by atoms with Crippen LogP contribution >= 0.6 is 22.6 Å². The van der Waals surface area contributed by atoms with Gasteiger partial charge in [0.2, 0.25) is 0 Å². The largest absolute Gasteiger partial charge is 0.366 e. The van der Waals surface area contributed by atoms with Crippen LogP contribution < -0.4 is 10.2 Å². The fourth-order valence-electron chi connectivity index (χ4n) is 3.05. The number of nitrogens with zero attached hydrogens (tertiary/aromatic N) is 1. The summed E-state index contributed by atoms with van der Waals surface area (Å²) in [7, 11) is 0. The standard InChI is InChI=1S/C15H21IN2/c1-11-9-17-15(2,12-6-7-12)10-18(11)14-5-3-4-13(16)8-14/h3-5,8,11-12,17H,6-7,9-10H2,1-2H3. The van der Waals surface area contributed by atoms with E-state index in [-0.39, 0.29) is 0 Å². The Bertz CT molecular complexity index is 444. The zero-order valence-electron chi connectivity index (χ0n) is 11.1. The Morgan fingerprint density at radius 2 is 2.17 bits per heavy atom. The summed E-state index contributed by atoms with van der Waals surface area (Å²) in [6.45, 7) is 6.95. The van der Waals surface area contributed by atoms with Crippen LogP contribution in [0.25, 0.3) is 0 Å². The highest BCUT2D eigenvalue weighted by Crippen LogP contribution is 2.42. The molecule has 1 saturated carbocycles. The van der Waals surface area contributed by atoms with Gasteiger partial charge in [-0.15, -0.1) is 0 Å². The van der Waals surface area contributed by atoms with Crippen LogP contribution in [0.3, 0.4) is 0 Å². The van der Waals surface area contributed by atoms with Crippen molar-refractivity contribution >= 4 is 28.3 Å². The Balaban J connectivity index is 1.85. The normalized spacial score (nSPS) is 32.6. The SMILES string of the molecule is CC1CNC(C)(C2CC2)CN1c1cccc(I)c1. The first-order valence-electron chi connectivity index (χ1n) is 6.86. The third-order valence-corrected chi connectivity index (χ3v) is 5.12. The van der Waals surface area contributed by atoms with Gasteiger partial charge in [-0.3, -0.25) is 0 Å². The zero-order valence-corrected chi connectivity index (χ0v) is 13.3. The molecule has 2 atom stereocenters. The van der Waals surface area contributed by atoms with E-state index in [0.717, 1.165) is 19.0 Å². The van der Waals surface area contributed by atoms with Gasteiger partial charge in [0.25, 0.3) is 0 Å². The molecule has 0 aromatic heterocycles. The second-order valence-corrected chi connectivity index (χ2v) is 7.28. The third kappa shape index (κ3) is 2.39. The summed E-state index contributed by atoms with van der Waals surface area (Å²) < 4.78 is 1.32. The number of hydrogen-bond acceptors (Lipinski definition) is 2. The predicted octanol–water partition coefficient (Wildman–Crippen LogP) is 3.26. The molecule has 2 nitrogen and oxygen atoms in total. The lowest BCUT2D eigenvalue weighted by molar-refractivity contribution is 0.261. The molecule has 98 valence electrons. The van der Waals surface area contributed by atoms with Crippen molar-refractivity contribution in [2.24, 2.45) is 5.92 Å². The molecule has 18 heavy (non-hydrogen) atoms. The minimum atomic E-state index is 0.313. The number of hydrogen-bond donors (Lipinski definition) is 1. The van der Waals surface area contributed by atoms with Crippen molar-refractivity contribution in [2.45, 2.75) is 38.3 Å². The number of benzene rings is 1. The molecule has 1 aromatic rings. The molecule has 1 aromatic carbocycles. The van der Waals surface area contributed by atoms with E-state index in [1.54, 1.807) is 0 Å². The van der Waals surface area contributed by atoms with Gasteiger partial charge in [0.1, 0.15) is 0 Å². The average molecular weight is 356 g/mol. The summed E-state index contributed by atoms with van der Waals surface area (Å²) in [5, 5.41) is 3.78. The zero-order chi connectivity index (χ0) is 12.8. The van der Waals surface area contributed by atoms with Crippen molar-refractivity contribution in [3.8, 4) is 0 Å². The molecule has 0 radical (unpaired) electrons. The number of piperazine rings is 1. The molecule has 1 N–H and O–H groups in total. The van der Waals surface area contributed by atoms with Crippen LogP contribution in [-0.4, -0.2) is 24.7 Å². The molecule has 0 bridgehead atoms. The maximum absolute atomic E-state index is 3.78. The van der Waals surface area contributed by atoms with Crippen molar-refractivity contribution in [1.82, 2.24) is 5.32 Å². The van der Waals surface area contributed by atoms with Gasteiger partial charge in [-0.25, -0.2) is 0 Å². The van der Waals surface area contributed by atoms with Crippen LogP contribution in [0.15, 0.2) is 24.3 Å². The van der Waals surface area contributed by atoms with Crippen molar-refractivity contribution in [3.05, 3.63) is 27.8 Å². The maximum atomic E-state index is 3.78. The number of anilines is 1. The van der Waals surface area contributed by atoms with E-state index in [1.807, 2.05) is 0 Å². The highest BCUT2D eigenvalue weighted by molar-refractivity contribution is 14.1. The summed E-state index contributed by atoms with van der Waals surface area (Å²) in [6.07, 6.45) is 2.80. The summed E-state index contributed by atoms with van der Waals surface area (Å²) >= 11 is 2.40. The van der Waals surface area contributed by atoms with Gasteiger partial charge in [-0.1, -0.05) is 6.07 Å². The van der Waals surface area contributed by atoms with Crippen molar-refractivity contribution in [3.63, 3.8) is 0 Å². The van der Waals surface area contributed by atoms with E-state index in [0.29, 0.717) is 11.6 Å². The van der Waals surface area contributed by atoms with Gasteiger partial charge in [0.05, 0.1) is 0 Å². The van der Waals surface area contributed by atoms with Gasteiger partial charge in [-0.2, -0.15) is 0 Å². The van der Waals surface area contributed by atoms with Crippen LogP contribution in [0, 0.1) is 9.49 Å². The molecular weight excluding hydrogens is 335 g/mol. The fourth-order valence-corrected chi connectivity index (χ4v) is 3.58.